The van der Waals surface area contributed by atoms with Crippen LogP contribution in [0.5, 0.6) is 11.5 Å². The molecule has 2 aromatic carbocycles. The van der Waals surface area contributed by atoms with Crippen LogP contribution in [0.15, 0.2) is 48.5 Å². The zero-order valence-corrected chi connectivity index (χ0v) is 12.5. The summed E-state index contributed by atoms with van der Waals surface area (Å²) in [6.45, 7) is -0.711. The fourth-order valence-electron chi connectivity index (χ4n) is 1.97. The first-order valence-electron chi connectivity index (χ1n) is 7.03. The van der Waals surface area contributed by atoms with Crippen LogP contribution in [0.2, 0.25) is 0 Å². The summed E-state index contributed by atoms with van der Waals surface area (Å²) in [5.41, 5.74) is 0.636. The van der Waals surface area contributed by atoms with Gasteiger partial charge < -0.3 is 14.2 Å². The number of para-hydroxylation sites is 2. The molecule has 0 bridgehead atoms. The monoisotopic (exact) mass is 322 g/mol. The highest BCUT2D eigenvalue weighted by Gasteiger charge is 2.17. The minimum Gasteiger partial charge on any atom is -0.493 e. The summed E-state index contributed by atoms with van der Waals surface area (Å²) in [6, 6.07) is 12.8. The fraction of sp³-hybridized carbons (Fsp3) is 0.235. The van der Waals surface area contributed by atoms with Crippen LogP contribution in [0.1, 0.15) is 22.8 Å². The molecule has 0 N–H and O–H groups in total. The molecule has 0 heterocycles. The second-order valence-electron chi connectivity index (χ2n) is 4.49. The molecule has 122 valence electrons. The van der Waals surface area contributed by atoms with Crippen molar-refractivity contribution in [1.29, 1.82) is 0 Å². The molecule has 6 heteroatoms. The first kappa shape index (κ1) is 16.7. The van der Waals surface area contributed by atoms with Gasteiger partial charge in [-0.25, -0.2) is 4.79 Å². The number of hydrogen-bond donors (Lipinski definition) is 0. The maximum absolute atomic E-state index is 12.4. The van der Waals surface area contributed by atoms with Gasteiger partial charge in [0.2, 0.25) is 0 Å². The lowest BCUT2D eigenvalue weighted by molar-refractivity contribution is -0.0504. The van der Waals surface area contributed by atoms with Gasteiger partial charge in [0.1, 0.15) is 23.7 Å². The van der Waals surface area contributed by atoms with Crippen LogP contribution in [0, 0.1) is 0 Å². The molecule has 0 aliphatic heterocycles. The average molecular weight is 322 g/mol. The van der Waals surface area contributed by atoms with Gasteiger partial charge >= 0.3 is 12.6 Å². The van der Waals surface area contributed by atoms with Crippen molar-refractivity contribution in [3.8, 4) is 11.5 Å². The first-order valence-corrected chi connectivity index (χ1v) is 7.03. The Morgan fingerprint density at radius 1 is 1.04 bits per heavy atom. The van der Waals surface area contributed by atoms with Crippen molar-refractivity contribution in [1.82, 2.24) is 0 Å². The number of carbonyl (C=O) groups excluding carboxylic acids is 1. The third-order valence-corrected chi connectivity index (χ3v) is 2.95. The summed E-state index contributed by atoms with van der Waals surface area (Å²) in [4.78, 5) is 12.1. The van der Waals surface area contributed by atoms with Crippen LogP contribution in [-0.4, -0.2) is 19.2 Å². The normalized spacial score (nSPS) is 10.4. The molecule has 0 unspecified atom stereocenters. The lowest BCUT2D eigenvalue weighted by Crippen LogP contribution is -2.11. The van der Waals surface area contributed by atoms with Gasteiger partial charge in [-0.1, -0.05) is 30.3 Å². The first-order chi connectivity index (χ1) is 11.1. The van der Waals surface area contributed by atoms with E-state index in [2.05, 4.69) is 4.74 Å². The van der Waals surface area contributed by atoms with Crippen LogP contribution in [0.4, 0.5) is 8.78 Å². The minimum absolute atomic E-state index is 0.0297. The second-order valence-corrected chi connectivity index (χ2v) is 4.49. The van der Waals surface area contributed by atoms with Crippen LogP contribution >= 0.6 is 0 Å². The fourth-order valence-corrected chi connectivity index (χ4v) is 1.97. The quantitative estimate of drug-likeness (QED) is 0.722. The Morgan fingerprint density at radius 2 is 1.70 bits per heavy atom. The van der Waals surface area contributed by atoms with Crippen molar-refractivity contribution in [3.05, 3.63) is 59.7 Å². The molecule has 0 aliphatic carbocycles. The highest BCUT2D eigenvalue weighted by Crippen LogP contribution is 2.23. The maximum Gasteiger partial charge on any atom is 0.387 e. The predicted molar refractivity (Wildman–Crippen MR) is 79.8 cm³/mol. The molecule has 0 atom stereocenters. The highest BCUT2D eigenvalue weighted by molar-refractivity contribution is 5.92. The van der Waals surface area contributed by atoms with Crippen LogP contribution in [-0.2, 0) is 11.3 Å². The average Bonchev–Trinajstić information content (AvgIpc) is 2.54. The van der Waals surface area contributed by atoms with Crippen molar-refractivity contribution in [2.75, 3.05) is 6.61 Å². The summed E-state index contributed by atoms with van der Waals surface area (Å²) >= 11 is 0. The van der Waals surface area contributed by atoms with Gasteiger partial charge in [0.15, 0.2) is 0 Å². The van der Waals surface area contributed by atoms with Crippen LogP contribution < -0.4 is 9.47 Å². The van der Waals surface area contributed by atoms with Gasteiger partial charge in [-0.3, -0.25) is 0 Å². The second kappa shape index (κ2) is 8.12. The summed E-state index contributed by atoms with van der Waals surface area (Å²) < 4.78 is 39.7. The minimum atomic E-state index is -3.01. The Morgan fingerprint density at radius 3 is 2.39 bits per heavy atom. The Hall–Kier alpha value is -2.63. The molecule has 0 amide bonds. The number of alkyl halides is 2. The molecule has 0 spiro atoms. The van der Waals surface area contributed by atoms with Crippen molar-refractivity contribution in [2.45, 2.75) is 20.1 Å². The van der Waals surface area contributed by atoms with Gasteiger partial charge in [0, 0.05) is 5.56 Å². The van der Waals surface area contributed by atoms with Crippen molar-refractivity contribution < 1.29 is 27.8 Å². The number of esters is 1. The van der Waals surface area contributed by atoms with Crippen molar-refractivity contribution >= 4 is 5.97 Å². The molecule has 4 nitrogen and oxygen atoms in total. The molecule has 2 rings (SSSR count). The highest BCUT2D eigenvalue weighted by atomic mass is 19.3. The van der Waals surface area contributed by atoms with E-state index < -0.39 is 12.6 Å². The third kappa shape index (κ3) is 4.67. The number of ether oxygens (including phenoxy) is 3. The molecule has 0 fully saturated rings. The van der Waals surface area contributed by atoms with Crippen molar-refractivity contribution in [3.63, 3.8) is 0 Å². The topological polar surface area (TPSA) is 44.8 Å². The van der Waals surface area contributed by atoms with Crippen molar-refractivity contribution in [2.24, 2.45) is 0 Å². The number of halogens is 2. The lowest BCUT2D eigenvalue weighted by Gasteiger charge is -2.12. The largest absolute Gasteiger partial charge is 0.493 e. The summed E-state index contributed by atoms with van der Waals surface area (Å²) in [5, 5.41) is 0. The van der Waals surface area contributed by atoms with E-state index >= 15 is 0 Å². The van der Waals surface area contributed by atoms with E-state index in [1.54, 1.807) is 24.3 Å². The Labute approximate surface area is 132 Å². The van der Waals surface area contributed by atoms with E-state index in [0.717, 1.165) is 0 Å². The Kier molecular flexibility index (Phi) is 5.91. The molecule has 0 saturated heterocycles. The van der Waals surface area contributed by atoms with E-state index in [-0.39, 0.29) is 17.9 Å². The maximum atomic E-state index is 12.4. The summed E-state index contributed by atoms with van der Waals surface area (Å²) in [5.74, 6) is -0.349. The van der Waals surface area contributed by atoms with Crippen LogP contribution in [0.25, 0.3) is 0 Å². The van der Waals surface area contributed by atoms with Gasteiger partial charge in [-0.15, -0.1) is 0 Å². The zero-order valence-electron chi connectivity index (χ0n) is 12.5. The number of rotatable bonds is 7. The zero-order chi connectivity index (χ0) is 16.7. The SMILES string of the molecule is CCOc1ccccc1COC(=O)c1ccccc1OC(F)F. The summed E-state index contributed by atoms with van der Waals surface area (Å²) in [6.07, 6.45) is 0. The van der Waals surface area contributed by atoms with Gasteiger partial charge in [-0.2, -0.15) is 8.78 Å². The standard InChI is InChI=1S/C17H16F2O4/c1-2-21-14-9-5-3-7-12(14)11-22-16(20)13-8-4-6-10-15(13)23-17(18)19/h3-10,17H,2,11H2,1H3. The van der Waals surface area contributed by atoms with Crippen LogP contribution in [0.3, 0.4) is 0 Å². The molecule has 0 aromatic heterocycles. The van der Waals surface area contributed by atoms with E-state index in [0.29, 0.717) is 17.9 Å². The molecule has 0 radical (unpaired) electrons. The molecule has 23 heavy (non-hydrogen) atoms. The molecule has 0 saturated carbocycles. The molecule has 0 aliphatic rings. The van der Waals surface area contributed by atoms with E-state index in [9.17, 15) is 13.6 Å². The van der Waals surface area contributed by atoms with E-state index in [4.69, 9.17) is 9.47 Å². The summed E-state index contributed by atoms with van der Waals surface area (Å²) in [7, 11) is 0. The predicted octanol–water partition coefficient (Wildman–Crippen LogP) is 4.04. The number of carbonyl (C=O) groups is 1. The van der Waals surface area contributed by atoms with Gasteiger partial charge in [0.05, 0.1) is 6.61 Å². The van der Waals surface area contributed by atoms with Gasteiger partial charge in [-0.05, 0) is 25.1 Å². The van der Waals surface area contributed by atoms with E-state index in [1.165, 1.54) is 18.2 Å². The third-order valence-electron chi connectivity index (χ3n) is 2.95. The van der Waals surface area contributed by atoms with E-state index in [1.807, 2.05) is 13.0 Å². The van der Waals surface area contributed by atoms with Gasteiger partial charge in [0.25, 0.3) is 0 Å². The molecular weight excluding hydrogens is 306 g/mol. The molecule has 2 aromatic rings. The molecular formula is C17H16F2O4. The smallest absolute Gasteiger partial charge is 0.387 e. The Balaban J connectivity index is 2.09. The lowest BCUT2D eigenvalue weighted by atomic mass is 10.2. The Bertz CT molecular complexity index is 659. The number of hydrogen-bond acceptors (Lipinski definition) is 4. The number of benzene rings is 2.